The maximum Gasteiger partial charge on any atom is 0.256 e. The average molecular weight is 498 g/mol. The normalized spacial score (nSPS) is 15.3. The van der Waals surface area contributed by atoms with Crippen molar-refractivity contribution in [2.45, 2.75) is 52.5 Å². The SMILES string of the molecule is Cc1ccc(C(=O)CCC(=O)N[C@@H](C)C(=O)N2C(=O)C(C)c3ccccc3-c3c(N)cccc32)c(C)c1. The Morgan fingerprint density at radius 1 is 1.00 bits per heavy atom. The van der Waals surface area contributed by atoms with Crippen LogP contribution in [0.2, 0.25) is 0 Å². The molecular weight excluding hydrogens is 466 g/mol. The van der Waals surface area contributed by atoms with Crippen LogP contribution in [0.5, 0.6) is 0 Å². The van der Waals surface area contributed by atoms with Crippen molar-refractivity contribution in [1.82, 2.24) is 5.32 Å². The molecule has 3 amide bonds. The van der Waals surface area contributed by atoms with Crippen LogP contribution in [0.15, 0.2) is 60.7 Å². The molecule has 1 heterocycles. The molecule has 0 aliphatic carbocycles. The number of hydrogen-bond donors (Lipinski definition) is 2. The van der Waals surface area contributed by atoms with Gasteiger partial charge < -0.3 is 11.1 Å². The van der Waals surface area contributed by atoms with Crippen LogP contribution in [0.4, 0.5) is 11.4 Å². The van der Waals surface area contributed by atoms with E-state index in [1.807, 2.05) is 50.2 Å². The molecule has 0 bridgehead atoms. The van der Waals surface area contributed by atoms with Crippen molar-refractivity contribution in [3.05, 3.63) is 82.9 Å². The molecule has 0 fully saturated rings. The molecule has 0 aromatic heterocycles. The first-order valence-electron chi connectivity index (χ1n) is 12.4. The van der Waals surface area contributed by atoms with E-state index in [4.69, 9.17) is 5.73 Å². The largest absolute Gasteiger partial charge is 0.398 e. The quantitative estimate of drug-likeness (QED) is 0.379. The molecule has 3 aromatic carbocycles. The van der Waals surface area contributed by atoms with E-state index in [-0.39, 0.29) is 18.6 Å². The Kier molecular flexibility index (Phi) is 7.25. The maximum atomic E-state index is 13.6. The minimum Gasteiger partial charge on any atom is -0.398 e. The van der Waals surface area contributed by atoms with E-state index in [1.54, 1.807) is 31.2 Å². The molecule has 4 rings (SSSR count). The number of Topliss-reactive ketones (excluding diaryl/α,β-unsaturated/α-hetero) is 1. The third-order valence-corrected chi connectivity index (χ3v) is 6.83. The fraction of sp³-hybridized carbons (Fsp3) is 0.267. The number of amides is 3. The topological polar surface area (TPSA) is 110 Å². The Morgan fingerprint density at radius 3 is 2.46 bits per heavy atom. The highest BCUT2D eigenvalue weighted by atomic mass is 16.2. The summed E-state index contributed by atoms with van der Waals surface area (Å²) in [6, 6.07) is 17.2. The molecule has 0 spiro atoms. The van der Waals surface area contributed by atoms with E-state index < -0.39 is 29.7 Å². The molecule has 2 atom stereocenters. The number of rotatable bonds is 6. The minimum atomic E-state index is -0.990. The van der Waals surface area contributed by atoms with E-state index in [0.29, 0.717) is 22.5 Å². The summed E-state index contributed by atoms with van der Waals surface area (Å²) in [4.78, 5) is 53.6. The molecule has 0 saturated heterocycles. The molecule has 1 aliphatic rings. The number of aryl methyl sites for hydroxylation is 2. The Hall–Kier alpha value is -4.26. The number of anilines is 2. The van der Waals surface area contributed by atoms with Gasteiger partial charge in [-0.2, -0.15) is 0 Å². The molecule has 1 unspecified atom stereocenters. The van der Waals surface area contributed by atoms with Crippen molar-refractivity contribution in [3.8, 4) is 11.1 Å². The zero-order valence-electron chi connectivity index (χ0n) is 21.5. The zero-order valence-corrected chi connectivity index (χ0v) is 21.5. The third kappa shape index (κ3) is 5.03. The Labute approximate surface area is 216 Å². The molecule has 37 heavy (non-hydrogen) atoms. The summed E-state index contributed by atoms with van der Waals surface area (Å²) in [5, 5.41) is 2.66. The fourth-order valence-corrected chi connectivity index (χ4v) is 4.87. The molecule has 7 heteroatoms. The van der Waals surface area contributed by atoms with Gasteiger partial charge in [0.05, 0.1) is 11.6 Å². The number of nitrogens with zero attached hydrogens (tertiary/aromatic N) is 1. The van der Waals surface area contributed by atoms with Crippen LogP contribution < -0.4 is 16.0 Å². The summed E-state index contributed by atoms with van der Waals surface area (Å²) >= 11 is 0. The summed E-state index contributed by atoms with van der Waals surface area (Å²) in [5.41, 5.74) is 11.9. The number of carbonyl (C=O) groups is 4. The average Bonchev–Trinajstić information content (AvgIpc) is 2.95. The van der Waals surface area contributed by atoms with Gasteiger partial charge in [-0.25, -0.2) is 4.90 Å². The van der Waals surface area contributed by atoms with Crippen LogP contribution >= 0.6 is 0 Å². The fourth-order valence-electron chi connectivity index (χ4n) is 4.87. The lowest BCUT2D eigenvalue weighted by molar-refractivity contribution is -0.131. The van der Waals surface area contributed by atoms with Crippen LogP contribution in [0.3, 0.4) is 0 Å². The summed E-state index contributed by atoms with van der Waals surface area (Å²) in [7, 11) is 0. The lowest BCUT2D eigenvalue weighted by atomic mass is 9.92. The molecule has 3 aromatic rings. The van der Waals surface area contributed by atoms with Crippen molar-refractivity contribution >= 4 is 34.9 Å². The number of carbonyl (C=O) groups excluding carboxylic acids is 4. The van der Waals surface area contributed by atoms with Gasteiger partial charge in [-0.05, 0) is 56.5 Å². The Balaban J connectivity index is 1.52. The molecule has 1 aliphatic heterocycles. The van der Waals surface area contributed by atoms with Gasteiger partial charge in [-0.1, -0.05) is 54.1 Å². The van der Waals surface area contributed by atoms with Gasteiger partial charge in [0, 0.05) is 29.7 Å². The summed E-state index contributed by atoms with van der Waals surface area (Å²) in [6.07, 6.45) is -0.0475. The standard InChI is InChI=1S/C30H31N3O4/c1-17-12-13-21(18(2)16-17)26(34)14-15-27(35)32-20(4)30(37)33-25-11-7-10-24(31)28(25)23-9-6-5-8-22(23)19(3)29(33)36/h5-13,16,19-20H,14-15,31H2,1-4H3,(H,32,35)/t19?,20-/m0/s1. The van der Waals surface area contributed by atoms with Crippen molar-refractivity contribution in [2.24, 2.45) is 0 Å². The van der Waals surface area contributed by atoms with Gasteiger partial charge in [0.25, 0.3) is 5.91 Å². The first kappa shape index (κ1) is 25.8. The van der Waals surface area contributed by atoms with Crippen molar-refractivity contribution in [2.75, 3.05) is 10.6 Å². The van der Waals surface area contributed by atoms with Gasteiger partial charge in [0.2, 0.25) is 11.8 Å². The number of benzene rings is 3. The first-order chi connectivity index (χ1) is 17.6. The van der Waals surface area contributed by atoms with E-state index >= 15 is 0 Å². The highest BCUT2D eigenvalue weighted by Crippen LogP contribution is 2.44. The lowest BCUT2D eigenvalue weighted by Gasteiger charge is -2.26. The van der Waals surface area contributed by atoms with E-state index in [9.17, 15) is 19.2 Å². The molecular formula is C30H31N3O4. The van der Waals surface area contributed by atoms with Crippen LogP contribution in [0.1, 0.15) is 59.7 Å². The molecule has 3 N–H and O–H groups in total. The molecule has 0 radical (unpaired) electrons. The first-order valence-corrected chi connectivity index (χ1v) is 12.4. The number of hydrogen-bond acceptors (Lipinski definition) is 5. The summed E-state index contributed by atoms with van der Waals surface area (Å²) < 4.78 is 0. The number of nitrogen functional groups attached to an aromatic ring is 1. The molecule has 7 nitrogen and oxygen atoms in total. The Morgan fingerprint density at radius 2 is 1.73 bits per heavy atom. The Bertz CT molecular complexity index is 1410. The van der Waals surface area contributed by atoms with Crippen LogP contribution in [0.25, 0.3) is 11.1 Å². The number of imide groups is 1. The van der Waals surface area contributed by atoms with E-state index in [1.165, 1.54) is 6.92 Å². The van der Waals surface area contributed by atoms with Crippen molar-refractivity contribution in [1.29, 1.82) is 0 Å². The maximum absolute atomic E-state index is 13.6. The van der Waals surface area contributed by atoms with Crippen LogP contribution in [-0.4, -0.2) is 29.5 Å². The van der Waals surface area contributed by atoms with Crippen molar-refractivity contribution in [3.63, 3.8) is 0 Å². The zero-order chi connectivity index (χ0) is 26.9. The van der Waals surface area contributed by atoms with Crippen LogP contribution in [0, 0.1) is 13.8 Å². The monoisotopic (exact) mass is 497 g/mol. The molecule has 190 valence electrons. The smallest absolute Gasteiger partial charge is 0.256 e. The second-order valence-electron chi connectivity index (χ2n) is 9.59. The molecule has 0 saturated carbocycles. The second kappa shape index (κ2) is 10.4. The third-order valence-electron chi connectivity index (χ3n) is 6.83. The number of ketones is 1. The number of nitrogens with one attached hydrogen (secondary N) is 1. The van der Waals surface area contributed by atoms with Gasteiger partial charge in [0.15, 0.2) is 5.78 Å². The van der Waals surface area contributed by atoms with Crippen molar-refractivity contribution < 1.29 is 19.2 Å². The number of fused-ring (bicyclic) bond motifs is 3. The lowest BCUT2D eigenvalue weighted by Crippen LogP contribution is -2.50. The summed E-state index contributed by atoms with van der Waals surface area (Å²) in [5.74, 6) is -2.13. The highest BCUT2D eigenvalue weighted by Gasteiger charge is 2.37. The minimum absolute atomic E-state index is 0.0188. The van der Waals surface area contributed by atoms with Gasteiger partial charge in [0.1, 0.15) is 6.04 Å². The van der Waals surface area contributed by atoms with E-state index in [0.717, 1.165) is 27.2 Å². The summed E-state index contributed by atoms with van der Waals surface area (Å²) in [6.45, 7) is 7.11. The van der Waals surface area contributed by atoms with Gasteiger partial charge in [-0.3, -0.25) is 19.2 Å². The highest BCUT2D eigenvalue weighted by molar-refractivity contribution is 6.22. The van der Waals surface area contributed by atoms with Gasteiger partial charge in [-0.15, -0.1) is 0 Å². The van der Waals surface area contributed by atoms with Gasteiger partial charge >= 0.3 is 0 Å². The van der Waals surface area contributed by atoms with E-state index in [2.05, 4.69) is 5.32 Å². The number of nitrogens with two attached hydrogens (primary N) is 1. The second-order valence-corrected chi connectivity index (χ2v) is 9.59. The predicted octanol–water partition coefficient (Wildman–Crippen LogP) is 4.70. The predicted molar refractivity (Wildman–Crippen MR) is 144 cm³/mol. The van der Waals surface area contributed by atoms with Crippen LogP contribution in [-0.2, 0) is 14.4 Å².